The van der Waals surface area contributed by atoms with Crippen LogP contribution in [0.15, 0.2) is 47.4 Å². The fraction of sp³-hybridized carbons (Fsp3) is 0.440. The van der Waals surface area contributed by atoms with Crippen LogP contribution in [0.3, 0.4) is 0 Å². The predicted molar refractivity (Wildman–Crippen MR) is 132 cm³/mol. The van der Waals surface area contributed by atoms with E-state index in [1.165, 1.54) is 42.6 Å². The summed E-state index contributed by atoms with van der Waals surface area (Å²) in [5.74, 6) is 1.51. The van der Waals surface area contributed by atoms with Crippen LogP contribution in [0.4, 0.5) is 11.4 Å². The number of anilines is 2. The molecule has 7 nitrogen and oxygen atoms in total. The summed E-state index contributed by atoms with van der Waals surface area (Å²) in [5, 5.41) is 2.65. The topological polar surface area (TPSA) is 84.3 Å². The maximum Gasteiger partial charge on any atom is 0.264 e. The molecule has 1 amide bonds. The minimum Gasteiger partial charge on any atom is -0.327 e. The highest BCUT2D eigenvalue weighted by molar-refractivity contribution is 7.92. The maximum atomic E-state index is 13.2. The summed E-state index contributed by atoms with van der Waals surface area (Å²) in [5.41, 5.74) is 2.84. The van der Waals surface area contributed by atoms with Gasteiger partial charge in [0.05, 0.1) is 21.6 Å². The summed E-state index contributed by atoms with van der Waals surface area (Å²) in [7, 11) is -2.22. The van der Waals surface area contributed by atoms with Gasteiger partial charge in [-0.1, -0.05) is 27.2 Å². The van der Waals surface area contributed by atoms with E-state index >= 15 is 0 Å². The zero-order chi connectivity index (χ0) is 24.0. The molecule has 0 aliphatic heterocycles. The molecule has 1 aliphatic rings. The van der Waals surface area contributed by atoms with Crippen LogP contribution < -0.4 is 9.62 Å². The molecule has 33 heavy (non-hydrogen) atoms. The summed E-state index contributed by atoms with van der Waals surface area (Å²) in [6.45, 7) is 8.85. The molecule has 1 fully saturated rings. The van der Waals surface area contributed by atoms with Gasteiger partial charge in [0.2, 0.25) is 5.91 Å². The van der Waals surface area contributed by atoms with Crippen LogP contribution in [-0.2, 0) is 26.8 Å². The molecule has 0 bridgehead atoms. The smallest absolute Gasteiger partial charge is 0.264 e. The Morgan fingerprint density at radius 2 is 1.82 bits per heavy atom. The number of imidazole rings is 1. The van der Waals surface area contributed by atoms with Gasteiger partial charge in [0, 0.05) is 31.6 Å². The first-order chi connectivity index (χ1) is 15.5. The zero-order valence-electron chi connectivity index (χ0n) is 19.9. The second kappa shape index (κ2) is 8.48. The Bertz CT molecular complexity index is 1280. The fourth-order valence-electron chi connectivity index (χ4n) is 4.22. The predicted octanol–water partition coefficient (Wildman–Crippen LogP) is 4.92. The van der Waals surface area contributed by atoms with Gasteiger partial charge < -0.3 is 9.88 Å². The van der Waals surface area contributed by atoms with Crippen LogP contribution in [0.1, 0.15) is 52.8 Å². The Kier molecular flexibility index (Phi) is 5.99. The highest BCUT2D eigenvalue weighted by Crippen LogP contribution is 2.34. The molecule has 4 rings (SSSR count). The van der Waals surface area contributed by atoms with Crippen LogP contribution in [0.2, 0.25) is 0 Å². The van der Waals surface area contributed by atoms with E-state index in [1.54, 1.807) is 19.2 Å². The SMILES string of the molecule is CC(=O)Nc1ccc(S(=O)(=O)N(C)c2ccc3c(c2)nc(C(C)(C)C)n3CC2CCC2)cc1. The molecule has 1 saturated carbocycles. The lowest BCUT2D eigenvalue weighted by Crippen LogP contribution is -2.26. The standard InChI is InChI=1S/C25H32N4O3S/c1-17(30)26-19-9-12-21(13-10-19)33(31,32)28(5)20-11-14-23-22(15-20)27-24(25(2,3)4)29(23)16-18-7-6-8-18/h9-15,18H,6-8,16H2,1-5H3,(H,26,30). The van der Waals surface area contributed by atoms with Crippen molar-refractivity contribution < 1.29 is 13.2 Å². The van der Waals surface area contributed by atoms with Crippen molar-refractivity contribution >= 4 is 38.3 Å². The lowest BCUT2D eigenvalue weighted by Gasteiger charge is -2.29. The molecular formula is C25H32N4O3S. The molecule has 0 atom stereocenters. The van der Waals surface area contributed by atoms with Crippen LogP contribution in [-0.4, -0.2) is 30.9 Å². The van der Waals surface area contributed by atoms with Crippen molar-refractivity contribution in [2.45, 2.75) is 63.8 Å². The Balaban J connectivity index is 1.68. The molecule has 0 saturated heterocycles. The number of hydrogen-bond acceptors (Lipinski definition) is 4. The van der Waals surface area contributed by atoms with Crippen LogP contribution in [0.5, 0.6) is 0 Å². The van der Waals surface area contributed by atoms with Crippen molar-refractivity contribution in [2.24, 2.45) is 5.92 Å². The Morgan fingerprint density at radius 3 is 2.36 bits per heavy atom. The Labute approximate surface area is 195 Å². The normalized spacial score (nSPS) is 14.8. The number of fused-ring (bicyclic) bond motifs is 1. The summed E-state index contributed by atoms with van der Waals surface area (Å²) in [6.07, 6.45) is 3.80. The molecule has 3 aromatic rings. The van der Waals surface area contributed by atoms with E-state index in [1.807, 2.05) is 18.2 Å². The van der Waals surface area contributed by atoms with Gasteiger partial charge in [-0.3, -0.25) is 9.10 Å². The molecular weight excluding hydrogens is 436 g/mol. The zero-order valence-corrected chi connectivity index (χ0v) is 20.7. The molecule has 0 spiro atoms. The van der Waals surface area contributed by atoms with E-state index in [-0.39, 0.29) is 16.2 Å². The first kappa shape index (κ1) is 23.3. The molecule has 1 aliphatic carbocycles. The quantitative estimate of drug-likeness (QED) is 0.557. The van der Waals surface area contributed by atoms with Crippen molar-refractivity contribution in [3.8, 4) is 0 Å². The number of carbonyl (C=O) groups excluding carboxylic acids is 1. The van der Waals surface area contributed by atoms with E-state index in [4.69, 9.17) is 4.98 Å². The third kappa shape index (κ3) is 4.62. The van der Waals surface area contributed by atoms with E-state index in [9.17, 15) is 13.2 Å². The number of rotatable bonds is 6. The van der Waals surface area contributed by atoms with E-state index in [2.05, 4.69) is 30.7 Å². The molecule has 1 aromatic heterocycles. The van der Waals surface area contributed by atoms with Crippen molar-refractivity contribution in [3.05, 3.63) is 48.3 Å². The Morgan fingerprint density at radius 1 is 1.15 bits per heavy atom. The number of carbonyl (C=O) groups is 1. The monoisotopic (exact) mass is 468 g/mol. The maximum absolute atomic E-state index is 13.2. The van der Waals surface area contributed by atoms with Gasteiger partial charge in [-0.25, -0.2) is 13.4 Å². The Hall–Kier alpha value is -2.87. The first-order valence-corrected chi connectivity index (χ1v) is 12.8. The molecule has 8 heteroatoms. The van der Waals surface area contributed by atoms with E-state index < -0.39 is 10.0 Å². The molecule has 0 radical (unpaired) electrons. The van der Waals surface area contributed by atoms with Gasteiger partial charge in [-0.15, -0.1) is 0 Å². The number of aromatic nitrogens is 2. The molecule has 0 unspecified atom stereocenters. The minimum atomic E-state index is -3.77. The fourth-order valence-corrected chi connectivity index (χ4v) is 5.40. The van der Waals surface area contributed by atoms with Crippen molar-refractivity contribution in [1.82, 2.24) is 9.55 Å². The van der Waals surface area contributed by atoms with Gasteiger partial charge >= 0.3 is 0 Å². The van der Waals surface area contributed by atoms with Gasteiger partial charge in [-0.05, 0) is 61.2 Å². The van der Waals surface area contributed by atoms with Gasteiger partial charge in [0.15, 0.2) is 0 Å². The lowest BCUT2D eigenvalue weighted by atomic mass is 9.85. The highest BCUT2D eigenvalue weighted by atomic mass is 32.2. The second-order valence-electron chi connectivity index (χ2n) is 9.94. The number of sulfonamides is 1. The summed E-state index contributed by atoms with van der Waals surface area (Å²) < 4.78 is 30.1. The van der Waals surface area contributed by atoms with Crippen molar-refractivity contribution in [2.75, 3.05) is 16.7 Å². The summed E-state index contributed by atoms with van der Waals surface area (Å²) in [4.78, 5) is 16.3. The third-order valence-electron chi connectivity index (χ3n) is 6.26. The van der Waals surface area contributed by atoms with E-state index in [0.717, 1.165) is 23.4 Å². The van der Waals surface area contributed by atoms with Crippen LogP contribution in [0.25, 0.3) is 11.0 Å². The van der Waals surface area contributed by atoms with Gasteiger partial charge in [-0.2, -0.15) is 0 Å². The third-order valence-corrected chi connectivity index (χ3v) is 8.06. The largest absolute Gasteiger partial charge is 0.327 e. The van der Waals surface area contributed by atoms with Gasteiger partial charge in [0.1, 0.15) is 5.82 Å². The van der Waals surface area contributed by atoms with E-state index in [0.29, 0.717) is 17.3 Å². The summed E-state index contributed by atoms with van der Waals surface area (Å²) >= 11 is 0. The number of nitrogens with zero attached hydrogens (tertiary/aromatic N) is 3. The molecule has 176 valence electrons. The molecule has 2 aromatic carbocycles. The summed E-state index contributed by atoms with van der Waals surface area (Å²) in [6, 6.07) is 11.9. The number of hydrogen-bond donors (Lipinski definition) is 1. The van der Waals surface area contributed by atoms with Gasteiger partial charge in [0.25, 0.3) is 10.0 Å². The number of nitrogens with one attached hydrogen (secondary N) is 1. The molecule has 1 N–H and O–H groups in total. The van der Waals surface area contributed by atoms with Crippen LogP contribution in [0, 0.1) is 5.92 Å². The second-order valence-corrected chi connectivity index (χ2v) is 11.9. The minimum absolute atomic E-state index is 0.115. The average Bonchev–Trinajstić information content (AvgIpc) is 3.08. The lowest BCUT2D eigenvalue weighted by molar-refractivity contribution is -0.114. The number of amides is 1. The highest BCUT2D eigenvalue weighted by Gasteiger charge is 2.28. The number of benzene rings is 2. The van der Waals surface area contributed by atoms with Crippen LogP contribution >= 0.6 is 0 Å². The first-order valence-electron chi connectivity index (χ1n) is 11.3. The average molecular weight is 469 g/mol. The van der Waals surface area contributed by atoms with Crippen molar-refractivity contribution in [3.63, 3.8) is 0 Å². The van der Waals surface area contributed by atoms with Crippen molar-refractivity contribution in [1.29, 1.82) is 0 Å². The molecule has 1 heterocycles.